The van der Waals surface area contributed by atoms with Gasteiger partial charge in [0.15, 0.2) is 0 Å². The molecule has 0 aliphatic rings. The van der Waals surface area contributed by atoms with Crippen LogP contribution in [0.5, 0.6) is 0 Å². The van der Waals surface area contributed by atoms with Gasteiger partial charge in [-0.15, -0.1) is 0 Å². The quantitative estimate of drug-likeness (QED) is 0.544. The summed E-state index contributed by atoms with van der Waals surface area (Å²) in [6.07, 6.45) is 1.80. The molecule has 0 aliphatic heterocycles. The maximum Gasteiger partial charge on any atom is 0.337 e. The van der Waals surface area contributed by atoms with Gasteiger partial charge >= 0.3 is 5.97 Å². The number of carboxylic acid groups (broad SMARTS) is 1. The number of rotatable bonds is 3. The Labute approximate surface area is 140 Å². The minimum absolute atomic E-state index is 0.0755. The number of pyridine rings is 1. The Morgan fingerprint density at radius 3 is 2.65 bits per heavy atom. The van der Waals surface area contributed by atoms with E-state index in [2.05, 4.69) is 15.9 Å². The number of carbonyl (C=O) groups excluding carboxylic acids is 1. The van der Waals surface area contributed by atoms with Crippen LogP contribution in [0.2, 0.25) is 0 Å². The SMILES string of the molecule is Cc1c(Br)c2ccccn2c1C(=O)c1ccc(N)c(C(=O)O)c1. The molecule has 0 fully saturated rings. The molecule has 3 rings (SSSR count). The second-order valence-electron chi connectivity index (χ2n) is 5.18. The summed E-state index contributed by atoms with van der Waals surface area (Å²) in [5, 5.41) is 9.17. The van der Waals surface area contributed by atoms with Gasteiger partial charge in [-0.1, -0.05) is 6.07 Å². The van der Waals surface area contributed by atoms with Crippen molar-refractivity contribution in [3.8, 4) is 0 Å². The predicted molar refractivity (Wildman–Crippen MR) is 91.1 cm³/mol. The van der Waals surface area contributed by atoms with E-state index in [1.807, 2.05) is 25.1 Å². The third-order valence-electron chi connectivity index (χ3n) is 3.77. The molecular formula is C17H13BrN2O3. The number of carboxylic acids is 1. The van der Waals surface area contributed by atoms with Crippen LogP contribution in [0.25, 0.3) is 5.52 Å². The molecule has 0 atom stereocenters. The maximum absolute atomic E-state index is 12.9. The van der Waals surface area contributed by atoms with Crippen molar-refractivity contribution in [2.45, 2.75) is 6.92 Å². The number of hydrogen-bond acceptors (Lipinski definition) is 3. The van der Waals surface area contributed by atoms with Crippen molar-refractivity contribution in [3.63, 3.8) is 0 Å². The Balaban J connectivity index is 2.21. The largest absolute Gasteiger partial charge is 0.478 e. The minimum atomic E-state index is -1.16. The van der Waals surface area contributed by atoms with Crippen LogP contribution in [0.15, 0.2) is 47.1 Å². The fraction of sp³-hybridized carbons (Fsp3) is 0.0588. The minimum Gasteiger partial charge on any atom is -0.478 e. The highest BCUT2D eigenvalue weighted by Gasteiger charge is 2.21. The lowest BCUT2D eigenvalue weighted by molar-refractivity contribution is 0.0698. The van der Waals surface area contributed by atoms with Gasteiger partial charge in [-0.2, -0.15) is 0 Å². The van der Waals surface area contributed by atoms with Gasteiger partial charge in [0.1, 0.15) is 0 Å². The lowest BCUT2D eigenvalue weighted by Crippen LogP contribution is -2.10. The first-order chi connectivity index (χ1) is 10.9. The molecule has 6 heteroatoms. The number of hydrogen-bond donors (Lipinski definition) is 2. The molecule has 0 radical (unpaired) electrons. The molecule has 116 valence electrons. The summed E-state index contributed by atoms with van der Waals surface area (Å²) in [6, 6.07) is 9.92. The normalized spacial score (nSPS) is 10.9. The van der Waals surface area contributed by atoms with E-state index < -0.39 is 5.97 Å². The first-order valence-electron chi connectivity index (χ1n) is 6.84. The molecule has 1 aromatic carbocycles. The number of benzene rings is 1. The number of ketones is 1. The van der Waals surface area contributed by atoms with E-state index in [0.717, 1.165) is 15.6 Å². The van der Waals surface area contributed by atoms with Gasteiger partial charge in [-0.25, -0.2) is 4.79 Å². The van der Waals surface area contributed by atoms with E-state index >= 15 is 0 Å². The van der Waals surface area contributed by atoms with Crippen molar-refractivity contribution in [2.75, 3.05) is 5.73 Å². The number of fused-ring (bicyclic) bond motifs is 1. The van der Waals surface area contributed by atoms with Crippen molar-refractivity contribution in [1.82, 2.24) is 4.40 Å². The number of nitrogens with zero attached hydrogens (tertiary/aromatic N) is 1. The van der Waals surface area contributed by atoms with Gasteiger partial charge in [0.05, 0.1) is 16.8 Å². The third kappa shape index (κ3) is 2.41. The average molecular weight is 373 g/mol. The molecule has 2 heterocycles. The van der Waals surface area contributed by atoms with Crippen LogP contribution in [-0.4, -0.2) is 21.3 Å². The molecule has 3 N–H and O–H groups in total. The first-order valence-corrected chi connectivity index (χ1v) is 7.63. The van der Waals surface area contributed by atoms with Gasteiger partial charge in [0.25, 0.3) is 0 Å². The summed E-state index contributed by atoms with van der Waals surface area (Å²) in [5.74, 6) is -1.41. The van der Waals surface area contributed by atoms with E-state index in [4.69, 9.17) is 10.8 Å². The molecule has 3 aromatic rings. The fourth-order valence-corrected chi connectivity index (χ4v) is 3.10. The second kappa shape index (κ2) is 5.55. The summed E-state index contributed by atoms with van der Waals surface area (Å²) < 4.78 is 2.63. The monoisotopic (exact) mass is 372 g/mol. The molecule has 0 aliphatic carbocycles. The van der Waals surface area contributed by atoms with Crippen LogP contribution >= 0.6 is 15.9 Å². The van der Waals surface area contributed by atoms with Gasteiger partial charge in [-0.3, -0.25) is 4.79 Å². The molecule has 0 unspecified atom stereocenters. The van der Waals surface area contributed by atoms with Crippen molar-refractivity contribution in [2.24, 2.45) is 0 Å². The smallest absolute Gasteiger partial charge is 0.337 e. The van der Waals surface area contributed by atoms with Gasteiger partial charge in [0.2, 0.25) is 5.78 Å². The first kappa shape index (κ1) is 15.3. The van der Waals surface area contributed by atoms with Crippen LogP contribution in [0.1, 0.15) is 32.0 Å². The molecule has 0 saturated heterocycles. The standard InChI is InChI=1S/C17H13BrN2O3/c1-9-14(18)13-4-2-3-7-20(13)15(9)16(21)10-5-6-12(19)11(8-10)17(22)23/h2-8H,19H2,1H3,(H,22,23). The highest BCUT2D eigenvalue weighted by Crippen LogP contribution is 2.30. The zero-order valence-corrected chi connectivity index (χ0v) is 13.8. The molecule has 0 bridgehead atoms. The van der Waals surface area contributed by atoms with Crippen LogP contribution in [0.3, 0.4) is 0 Å². The summed E-state index contributed by atoms with van der Waals surface area (Å²) in [6.45, 7) is 1.85. The summed E-state index contributed by atoms with van der Waals surface area (Å²) in [5.41, 5.74) is 8.16. The van der Waals surface area contributed by atoms with Crippen LogP contribution in [0, 0.1) is 6.92 Å². The number of halogens is 1. The Kier molecular flexibility index (Phi) is 3.69. The van der Waals surface area contributed by atoms with E-state index in [1.165, 1.54) is 12.1 Å². The number of aromatic nitrogens is 1. The second-order valence-corrected chi connectivity index (χ2v) is 5.97. The lowest BCUT2D eigenvalue weighted by atomic mass is 10.0. The van der Waals surface area contributed by atoms with Crippen molar-refractivity contribution in [1.29, 1.82) is 0 Å². The number of carbonyl (C=O) groups is 2. The summed E-state index contributed by atoms with van der Waals surface area (Å²) >= 11 is 3.50. The molecule has 5 nitrogen and oxygen atoms in total. The molecule has 0 spiro atoms. The Morgan fingerprint density at radius 1 is 1.22 bits per heavy atom. The Hall–Kier alpha value is -2.60. The zero-order valence-electron chi connectivity index (χ0n) is 12.2. The fourth-order valence-electron chi connectivity index (χ4n) is 2.59. The number of nitrogen functional groups attached to an aromatic ring is 1. The number of nitrogens with two attached hydrogens (primary N) is 1. The topological polar surface area (TPSA) is 84.8 Å². The lowest BCUT2D eigenvalue weighted by Gasteiger charge is -2.06. The van der Waals surface area contributed by atoms with Crippen LogP contribution in [0.4, 0.5) is 5.69 Å². The maximum atomic E-state index is 12.9. The van der Waals surface area contributed by atoms with Gasteiger partial charge in [0, 0.05) is 21.9 Å². The molecular weight excluding hydrogens is 360 g/mol. The van der Waals surface area contributed by atoms with E-state index in [0.29, 0.717) is 5.69 Å². The molecule has 2 aromatic heterocycles. The highest BCUT2D eigenvalue weighted by atomic mass is 79.9. The molecule has 0 saturated carbocycles. The van der Waals surface area contributed by atoms with Crippen LogP contribution < -0.4 is 5.73 Å². The predicted octanol–water partition coefficient (Wildman–Crippen LogP) is 3.52. The summed E-state index contributed by atoms with van der Waals surface area (Å²) in [4.78, 5) is 24.1. The molecule has 0 amide bonds. The van der Waals surface area contributed by atoms with Crippen molar-refractivity contribution < 1.29 is 14.7 Å². The number of anilines is 1. The number of aromatic carboxylic acids is 1. The van der Waals surface area contributed by atoms with E-state index in [9.17, 15) is 9.59 Å². The van der Waals surface area contributed by atoms with Gasteiger partial charge in [-0.05, 0) is 58.7 Å². The highest BCUT2D eigenvalue weighted by molar-refractivity contribution is 9.10. The Bertz CT molecular complexity index is 960. The van der Waals surface area contributed by atoms with E-state index in [-0.39, 0.29) is 22.6 Å². The van der Waals surface area contributed by atoms with Gasteiger partial charge < -0.3 is 15.2 Å². The molecule has 23 heavy (non-hydrogen) atoms. The zero-order chi connectivity index (χ0) is 16.7. The Morgan fingerprint density at radius 2 is 1.96 bits per heavy atom. The summed E-state index contributed by atoms with van der Waals surface area (Å²) in [7, 11) is 0. The average Bonchev–Trinajstić information content (AvgIpc) is 2.79. The third-order valence-corrected chi connectivity index (χ3v) is 4.77. The van der Waals surface area contributed by atoms with E-state index in [1.54, 1.807) is 16.7 Å². The van der Waals surface area contributed by atoms with Crippen molar-refractivity contribution >= 4 is 38.9 Å². The van der Waals surface area contributed by atoms with Crippen LogP contribution in [-0.2, 0) is 0 Å². The van der Waals surface area contributed by atoms with Crippen molar-refractivity contribution in [3.05, 3.63) is 69.5 Å².